The summed E-state index contributed by atoms with van der Waals surface area (Å²) in [6.45, 7) is 6.45. The van der Waals surface area contributed by atoms with Crippen molar-refractivity contribution in [3.05, 3.63) is 132 Å². The number of benzene rings is 6. The summed E-state index contributed by atoms with van der Waals surface area (Å²) in [4.78, 5) is 0. The van der Waals surface area contributed by atoms with E-state index in [-0.39, 0.29) is 0 Å². The molecule has 0 nitrogen and oxygen atoms in total. The van der Waals surface area contributed by atoms with Crippen molar-refractivity contribution in [2.24, 2.45) is 0 Å². The molecule has 0 N–H and O–H groups in total. The van der Waals surface area contributed by atoms with Crippen LogP contribution in [0.4, 0.5) is 0 Å². The van der Waals surface area contributed by atoms with E-state index in [1.165, 1.54) is 71.6 Å². The molecular weight excluding hydrogens is 420 g/mol. The second-order valence-electron chi connectivity index (χ2n) is 9.69. The van der Waals surface area contributed by atoms with Crippen LogP contribution >= 0.6 is 0 Å². The predicted molar refractivity (Wildman–Crippen MR) is 152 cm³/mol. The van der Waals surface area contributed by atoms with Crippen molar-refractivity contribution in [3.63, 3.8) is 0 Å². The lowest BCUT2D eigenvalue weighted by Crippen LogP contribution is -1.94. The smallest absolute Gasteiger partial charge is 0.00203 e. The van der Waals surface area contributed by atoms with E-state index in [4.69, 9.17) is 0 Å². The van der Waals surface area contributed by atoms with Gasteiger partial charge in [0.1, 0.15) is 0 Å². The molecule has 0 saturated carbocycles. The van der Waals surface area contributed by atoms with E-state index < -0.39 is 0 Å². The largest absolute Gasteiger partial charge is 0.0616 e. The first-order chi connectivity index (χ1) is 17.1. The molecule has 0 unspecified atom stereocenters. The van der Waals surface area contributed by atoms with Crippen LogP contribution in [0.25, 0.3) is 54.9 Å². The Labute approximate surface area is 207 Å². The third-order valence-electron chi connectivity index (χ3n) is 7.05. The first kappa shape index (κ1) is 21.4. The molecule has 0 heteroatoms. The monoisotopic (exact) mass is 448 g/mol. The molecule has 6 rings (SSSR count). The van der Waals surface area contributed by atoms with E-state index in [0.717, 1.165) is 0 Å². The fourth-order valence-corrected chi connectivity index (χ4v) is 5.09. The number of hydrogen-bond donors (Lipinski definition) is 0. The Bertz CT molecular complexity index is 1670. The third-order valence-corrected chi connectivity index (χ3v) is 7.05. The lowest BCUT2D eigenvalue weighted by atomic mass is 9.83. The molecule has 35 heavy (non-hydrogen) atoms. The molecule has 0 fully saturated rings. The molecule has 0 saturated heterocycles. The van der Waals surface area contributed by atoms with Gasteiger partial charge in [-0.1, -0.05) is 114 Å². The van der Waals surface area contributed by atoms with Gasteiger partial charge in [-0.05, 0) is 93.9 Å². The van der Waals surface area contributed by atoms with Crippen LogP contribution in [0.3, 0.4) is 0 Å². The van der Waals surface area contributed by atoms with E-state index in [2.05, 4.69) is 136 Å². The number of hydrogen-bond acceptors (Lipinski definition) is 0. The summed E-state index contributed by atoms with van der Waals surface area (Å²) >= 11 is 0. The van der Waals surface area contributed by atoms with Gasteiger partial charge in [0, 0.05) is 0 Å². The molecule has 6 aromatic rings. The summed E-state index contributed by atoms with van der Waals surface area (Å²) in [7, 11) is 0. The highest BCUT2D eigenvalue weighted by atomic mass is 14.2. The van der Waals surface area contributed by atoms with Crippen LogP contribution in [0.2, 0.25) is 0 Å². The van der Waals surface area contributed by atoms with Crippen molar-refractivity contribution < 1.29 is 0 Å². The van der Waals surface area contributed by atoms with Gasteiger partial charge in [0.25, 0.3) is 0 Å². The molecule has 168 valence electrons. The predicted octanol–water partition coefficient (Wildman–Crippen LogP) is 9.92. The summed E-state index contributed by atoms with van der Waals surface area (Å²) in [6, 6.07) is 42.7. The van der Waals surface area contributed by atoms with Gasteiger partial charge >= 0.3 is 0 Å². The zero-order valence-electron chi connectivity index (χ0n) is 20.5. The summed E-state index contributed by atoms with van der Waals surface area (Å²) in [6.07, 6.45) is 0. The fraction of sp³-hybridized carbons (Fsp3) is 0.0857. The molecule has 0 spiro atoms. The first-order valence-electron chi connectivity index (χ1n) is 12.3. The molecule has 0 bridgehead atoms. The van der Waals surface area contributed by atoms with Crippen LogP contribution in [0.15, 0.2) is 115 Å². The second kappa shape index (κ2) is 8.56. The Morgan fingerprint density at radius 3 is 1.37 bits per heavy atom. The van der Waals surface area contributed by atoms with Crippen LogP contribution < -0.4 is 0 Å². The Morgan fingerprint density at radius 2 is 0.829 bits per heavy atom. The minimum absolute atomic E-state index is 1.24. The van der Waals surface area contributed by atoms with E-state index >= 15 is 0 Å². The SMILES string of the molecule is Cc1ccc(-c2cc3cc4ccccc4cc3c(-c3ccc(C)cc3)c2-c2ccc(C)cc2)cc1. The van der Waals surface area contributed by atoms with Crippen molar-refractivity contribution in [1.29, 1.82) is 0 Å². The van der Waals surface area contributed by atoms with Gasteiger partial charge in [-0.25, -0.2) is 0 Å². The van der Waals surface area contributed by atoms with Crippen molar-refractivity contribution in [2.45, 2.75) is 20.8 Å². The van der Waals surface area contributed by atoms with Crippen molar-refractivity contribution in [3.8, 4) is 33.4 Å². The van der Waals surface area contributed by atoms with Crippen LogP contribution in [0.5, 0.6) is 0 Å². The number of fused-ring (bicyclic) bond motifs is 2. The van der Waals surface area contributed by atoms with Crippen molar-refractivity contribution in [1.82, 2.24) is 0 Å². The van der Waals surface area contributed by atoms with E-state index in [1.54, 1.807) is 0 Å². The first-order valence-corrected chi connectivity index (χ1v) is 12.3. The lowest BCUT2D eigenvalue weighted by Gasteiger charge is -2.20. The zero-order valence-corrected chi connectivity index (χ0v) is 20.5. The molecule has 0 atom stereocenters. The Balaban J connectivity index is 1.80. The maximum Gasteiger partial charge on any atom is -0.00203 e. The van der Waals surface area contributed by atoms with Crippen LogP contribution in [-0.4, -0.2) is 0 Å². The summed E-state index contributed by atoms with van der Waals surface area (Å²) in [5, 5.41) is 5.10. The van der Waals surface area contributed by atoms with Gasteiger partial charge in [-0.3, -0.25) is 0 Å². The molecule has 0 aliphatic carbocycles. The normalized spacial score (nSPS) is 11.3. The van der Waals surface area contributed by atoms with Gasteiger partial charge in [0.2, 0.25) is 0 Å². The van der Waals surface area contributed by atoms with E-state index in [0.29, 0.717) is 0 Å². The molecule has 0 heterocycles. The molecule has 0 aromatic heterocycles. The standard InChI is InChI=1S/C35H28/c1-23-8-14-26(15-9-23)32-22-31-20-29-6-4-5-7-30(29)21-33(31)35(28-18-12-25(3)13-19-28)34(32)27-16-10-24(2)11-17-27/h4-22H,1-3H3. The molecule has 0 radical (unpaired) electrons. The molecule has 6 aromatic carbocycles. The number of rotatable bonds is 3. The Hall–Kier alpha value is -4.16. The second-order valence-corrected chi connectivity index (χ2v) is 9.69. The topological polar surface area (TPSA) is 0 Å². The summed E-state index contributed by atoms with van der Waals surface area (Å²) < 4.78 is 0. The van der Waals surface area contributed by atoms with E-state index in [1.807, 2.05) is 0 Å². The minimum Gasteiger partial charge on any atom is -0.0616 e. The van der Waals surface area contributed by atoms with Gasteiger partial charge in [0.05, 0.1) is 0 Å². The van der Waals surface area contributed by atoms with Gasteiger partial charge in [0.15, 0.2) is 0 Å². The third kappa shape index (κ3) is 3.92. The summed E-state index contributed by atoms with van der Waals surface area (Å²) in [5.41, 5.74) is 11.4. The average molecular weight is 449 g/mol. The Morgan fingerprint density at radius 1 is 0.371 bits per heavy atom. The maximum atomic E-state index is 2.39. The fourth-order valence-electron chi connectivity index (χ4n) is 5.09. The van der Waals surface area contributed by atoms with Crippen LogP contribution in [-0.2, 0) is 0 Å². The summed E-state index contributed by atoms with van der Waals surface area (Å²) in [5.74, 6) is 0. The highest BCUT2D eigenvalue weighted by Gasteiger charge is 2.19. The molecule has 0 aliphatic rings. The van der Waals surface area contributed by atoms with Crippen LogP contribution in [0.1, 0.15) is 16.7 Å². The molecule has 0 amide bonds. The Kier molecular flexibility index (Phi) is 5.23. The minimum atomic E-state index is 1.24. The average Bonchev–Trinajstić information content (AvgIpc) is 2.88. The van der Waals surface area contributed by atoms with Gasteiger partial charge in [-0.2, -0.15) is 0 Å². The molecular formula is C35H28. The molecule has 0 aliphatic heterocycles. The highest BCUT2D eigenvalue weighted by molar-refractivity contribution is 6.13. The maximum absolute atomic E-state index is 2.39. The highest BCUT2D eigenvalue weighted by Crippen LogP contribution is 2.45. The lowest BCUT2D eigenvalue weighted by molar-refractivity contribution is 1.45. The van der Waals surface area contributed by atoms with E-state index in [9.17, 15) is 0 Å². The van der Waals surface area contributed by atoms with Crippen molar-refractivity contribution in [2.75, 3.05) is 0 Å². The van der Waals surface area contributed by atoms with Crippen LogP contribution in [0, 0.1) is 20.8 Å². The zero-order chi connectivity index (χ0) is 23.9. The number of aryl methyl sites for hydroxylation is 3. The quantitative estimate of drug-likeness (QED) is 0.236. The van der Waals surface area contributed by atoms with Crippen molar-refractivity contribution >= 4 is 21.5 Å². The van der Waals surface area contributed by atoms with Gasteiger partial charge < -0.3 is 0 Å². The van der Waals surface area contributed by atoms with Gasteiger partial charge in [-0.15, -0.1) is 0 Å².